The van der Waals surface area contributed by atoms with E-state index in [0.717, 1.165) is 19.3 Å². The van der Waals surface area contributed by atoms with Gasteiger partial charge in [-0.1, -0.05) is 76.6 Å². The van der Waals surface area contributed by atoms with Crippen LogP contribution in [0.5, 0.6) is 5.75 Å². The first-order valence-corrected chi connectivity index (χ1v) is 8.90. The van der Waals surface area contributed by atoms with Crippen molar-refractivity contribution in [3.8, 4) is 5.75 Å². The molecule has 0 fully saturated rings. The predicted octanol–water partition coefficient (Wildman–Crippen LogP) is 6.42. The number of para-hydroxylation sites is 1. The summed E-state index contributed by atoms with van der Waals surface area (Å²) in [5.41, 5.74) is 2.17. The van der Waals surface area contributed by atoms with Crippen molar-refractivity contribution >= 4 is 0 Å². The molecule has 0 aliphatic rings. The number of rotatable bonds is 7. The van der Waals surface area contributed by atoms with Gasteiger partial charge in [-0.05, 0) is 47.3 Å². The molecule has 24 heavy (non-hydrogen) atoms. The number of hydrogen-bond acceptors (Lipinski definition) is 1. The molecule has 0 saturated heterocycles. The van der Waals surface area contributed by atoms with Gasteiger partial charge in [0.2, 0.25) is 0 Å². The zero-order chi connectivity index (χ0) is 17.7. The van der Waals surface area contributed by atoms with Crippen molar-refractivity contribution < 1.29 is 9.50 Å². The summed E-state index contributed by atoms with van der Waals surface area (Å²) in [7, 11) is 0. The Hall–Kier alpha value is -1.83. The Labute approximate surface area is 145 Å². The van der Waals surface area contributed by atoms with Crippen molar-refractivity contribution in [1.29, 1.82) is 0 Å². The average Bonchev–Trinajstić information content (AvgIpc) is 2.58. The van der Waals surface area contributed by atoms with Gasteiger partial charge in [0.05, 0.1) is 0 Å². The fraction of sp³-hybridized carbons (Fsp3) is 0.455. The van der Waals surface area contributed by atoms with Crippen LogP contribution in [0.25, 0.3) is 0 Å². The second-order valence-corrected chi connectivity index (χ2v) is 7.35. The summed E-state index contributed by atoms with van der Waals surface area (Å²) in [6.45, 7) is 8.91. The van der Waals surface area contributed by atoms with Crippen LogP contribution in [0.2, 0.25) is 0 Å². The van der Waals surface area contributed by atoms with E-state index >= 15 is 0 Å². The van der Waals surface area contributed by atoms with E-state index in [9.17, 15) is 9.50 Å². The number of aromatic hydroxyl groups is 1. The molecule has 2 heteroatoms. The normalized spacial score (nSPS) is 14.4. The van der Waals surface area contributed by atoms with Crippen molar-refractivity contribution in [2.45, 2.75) is 58.3 Å². The number of hydrogen-bond donors (Lipinski definition) is 1. The first-order chi connectivity index (χ1) is 11.4. The lowest BCUT2D eigenvalue weighted by molar-refractivity contribution is 0.277. The molecule has 2 unspecified atom stereocenters. The zero-order valence-electron chi connectivity index (χ0n) is 15.2. The lowest BCUT2D eigenvalue weighted by Gasteiger charge is -2.35. The lowest BCUT2D eigenvalue weighted by atomic mass is 9.69. The molecule has 0 aliphatic heterocycles. The summed E-state index contributed by atoms with van der Waals surface area (Å²) in [6, 6.07) is 15.4. The lowest BCUT2D eigenvalue weighted by Crippen LogP contribution is -2.28. The second-order valence-electron chi connectivity index (χ2n) is 7.35. The quantitative estimate of drug-likeness (QED) is 0.622. The Morgan fingerprint density at radius 2 is 1.67 bits per heavy atom. The van der Waals surface area contributed by atoms with E-state index in [2.05, 4.69) is 58.0 Å². The van der Waals surface area contributed by atoms with Crippen LogP contribution in [0.3, 0.4) is 0 Å². The molecule has 0 aromatic heterocycles. The van der Waals surface area contributed by atoms with E-state index < -0.39 is 5.82 Å². The summed E-state index contributed by atoms with van der Waals surface area (Å²) < 4.78 is 13.6. The molecule has 2 atom stereocenters. The Kier molecular flexibility index (Phi) is 6.04. The SMILES string of the molecule is CCC(CCC(C)c1cccc(F)c1O)C(C)(C)c1ccccc1. The molecule has 1 N–H and O–H groups in total. The van der Waals surface area contributed by atoms with Crippen LogP contribution < -0.4 is 0 Å². The highest BCUT2D eigenvalue weighted by atomic mass is 19.1. The van der Waals surface area contributed by atoms with Crippen LogP contribution in [-0.4, -0.2) is 5.11 Å². The standard InChI is InChI=1S/C22H29FO/c1-5-17(22(3,4)18-10-7-6-8-11-18)15-14-16(2)19-12-9-13-20(23)21(19)24/h6-13,16-17,24H,5,14-15H2,1-4H3. The molecular weight excluding hydrogens is 299 g/mol. The van der Waals surface area contributed by atoms with Gasteiger partial charge in [0.1, 0.15) is 0 Å². The molecular formula is C22H29FO. The molecule has 130 valence electrons. The van der Waals surface area contributed by atoms with Gasteiger partial charge in [0.25, 0.3) is 0 Å². The average molecular weight is 328 g/mol. The molecule has 1 nitrogen and oxygen atoms in total. The van der Waals surface area contributed by atoms with Gasteiger partial charge in [-0.25, -0.2) is 4.39 Å². The Bertz CT molecular complexity index is 648. The summed E-state index contributed by atoms with van der Waals surface area (Å²) in [5, 5.41) is 9.95. The third-order valence-corrected chi connectivity index (χ3v) is 5.53. The molecule has 2 rings (SSSR count). The van der Waals surface area contributed by atoms with E-state index in [4.69, 9.17) is 0 Å². The minimum atomic E-state index is -0.531. The van der Waals surface area contributed by atoms with Crippen LogP contribution in [0.15, 0.2) is 48.5 Å². The van der Waals surface area contributed by atoms with E-state index in [1.165, 1.54) is 11.6 Å². The number of halogens is 1. The van der Waals surface area contributed by atoms with Crippen molar-refractivity contribution in [1.82, 2.24) is 0 Å². The fourth-order valence-corrected chi connectivity index (χ4v) is 3.72. The van der Waals surface area contributed by atoms with Gasteiger partial charge < -0.3 is 5.11 Å². The third-order valence-electron chi connectivity index (χ3n) is 5.53. The van der Waals surface area contributed by atoms with Crippen LogP contribution >= 0.6 is 0 Å². The maximum Gasteiger partial charge on any atom is 0.165 e. The Balaban J connectivity index is 2.09. The minimum absolute atomic E-state index is 0.0969. The molecule has 0 spiro atoms. The van der Waals surface area contributed by atoms with Gasteiger partial charge in [-0.3, -0.25) is 0 Å². The summed E-state index contributed by atoms with van der Waals surface area (Å²) in [5.74, 6) is -0.0456. The summed E-state index contributed by atoms with van der Waals surface area (Å²) >= 11 is 0. The van der Waals surface area contributed by atoms with Gasteiger partial charge in [-0.15, -0.1) is 0 Å². The van der Waals surface area contributed by atoms with Gasteiger partial charge >= 0.3 is 0 Å². The van der Waals surface area contributed by atoms with E-state index in [1.807, 2.05) is 6.07 Å². The van der Waals surface area contributed by atoms with Crippen LogP contribution in [-0.2, 0) is 5.41 Å². The smallest absolute Gasteiger partial charge is 0.165 e. The van der Waals surface area contributed by atoms with E-state index in [0.29, 0.717) is 11.5 Å². The summed E-state index contributed by atoms with van der Waals surface area (Å²) in [4.78, 5) is 0. The highest BCUT2D eigenvalue weighted by Gasteiger charge is 2.30. The number of phenols is 1. The van der Waals surface area contributed by atoms with Gasteiger partial charge in [0, 0.05) is 0 Å². The molecule has 0 bridgehead atoms. The highest BCUT2D eigenvalue weighted by molar-refractivity contribution is 5.36. The van der Waals surface area contributed by atoms with Crippen molar-refractivity contribution in [3.05, 3.63) is 65.5 Å². The maximum atomic E-state index is 13.6. The minimum Gasteiger partial charge on any atom is -0.505 e. The molecule has 0 aliphatic carbocycles. The maximum absolute atomic E-state index is 13.6. The number of benzene rings is 2. The number of phenolic OH excluding ortho intramolecular Hbond substituents is 1. The molecule has 2 aromatic carbocycles. The van der Waals surface area contributed by atoms with Crippen LogP contribution in [0.4, 0.5) is 4.39 Å². The fourth-order valence-electron chi connectivity index (χ4n) is 3.72. The van der Waals surface area contributed by atoms with Crippen molar-refractivity contribution in [2.24, 2.45) is 5.92 Å². The van der Waals surface area contributed by atoms with Gasteiger partial charge in [-0.2, -0.15) is 0 Å². The third kappa shape index (κ3) is 3.98. The molecule has 0 saturated carbocycles. The second kappa shape index (κ2) is 7.83. The molecule has 2 aromatic rings. The van der Waals surface area contributed by atoms with Crippen LogP contribution in [0.1, 0.15) is 64.0 Å². The Morgan fingerprint density at radius 3 is 2.29 bits per heavy atom. The largest absolute Gasteiger partial charge is 0.505 e. The molecule has 0 radical (unpaired) electrons. The van der Waals surface area contributed by atoms with Crippen molar-refractivity contribution in [2.75, 3.05) is 0 Å². The van der Waals surface area contributed by atoms with E-state index in [-0.39, 0.29) is 17.1 Å². The first-order valence-electron chi connectivity index (χ1n) is 8.90. The molecule has 0 amide bonds. The predicted molar refractivity (Wildman–Crippen MR) is 99.0 cm³/mol. The summed E-state index contributed by atoms with van der Waals surface area (Å²) in [6.07, 6.45) is 3.09. The molecule has 0 heterocycles. The zero-order valence-corrected chi connectivity index (χ0v) is 15.2. The highest BCUT2D eigenvalue weighted by Crippen LogP contribution is 2.39. The Morgan fingerprint density at radius 1 is 1.00 bits per heavy atom. The van der Waals surface area contributed by atoms with Gasteiger partial charge in [0.15, 0.2) is 11.6 Å². The topological polar surface area (TPSA) is 20.2 Å². The van der Waals surface area contributed by atoms with Crippen molar-refractivity contribution in [3.63, 3.8) is 0 Å². The van der Waals surface area contributed by atoms with Crippen LogP contribution in [0, 0.1) is 11.7 Å². The van der Waals surface area contributed by atoms with E-state index in [1.54, 1.807) is 6.07 Å². The first kappa shape index (κ1) is 18.5. The monoisotopic (exact) mass is 328 g/mol.